The number of hydrogen-bond acceptors (Lipinski definition) is 1. The summed E-state index contributed by atoms with van der Waals surface area (Å²) in [7, 11) is 0. The van der Waals surface area contributed by atoms with Gasteiger partial charge in [-0.05, 0) is 18.1 Å². The standard InChI is InChI=1S/C11H13N/c1-2-10-6-3-4-7-11(10)8-5-9-12/h3-4,6-7H,2,9,12H2,1H3. The molecule has 0 spiro atoms. The van der Waals surface area contributed by atoms with Crippen molar-refractivity contribution < 1.29 is 0 Å². The molecular weight excluding hydrogens is 146 g/mol. The second-order valence-electron chi connectivity index (χ2n) is 2.52. The van der Waals surface area contributed by atoms with Crippen LogP contribution in [-0.4, -0.2) is 6.54 Å². The van der Waals surface area contributed by atoms with Crippen molar-refractivity contribution >= 4 is 0 Å². The predicted octanol–water partition coefficient (Wildman–Crippen LogP) is 1.56. The topological polar surface area (TPSA) is 26.0 Å². The largest absolute Gasteiger partial charge is 0.320 e. The van der Waals surface area contributed by atoms with E-state index in [1.54, 1.807) is 0 Å². The fraction of sp³-hybridized carbons (Fsp3) is 0.273. The molecule has 12 heavy (non-hydrogen) atoms. The van der Waals surface area contributed by atoms with Crippen LogP contribution in [0, 0.1) is 11.8 Å². The van der Waals surface area contributed by atoms with Crippen molar-refractivity contribution in [1.82, 2.24) is 0 Å². The van der Waals surface area contributed by atoms with Crippen molar-refractivity contribution in [3.63, 3.8) is 0 Å². The zero-order valence-electron chi connectivity index (χ0n) is 7.30. The zero-order valence-corrected chi connectivity index (χ0v) is 7.30. The van der Waals surface area contributed by atoms with E-state index in [4.69, 9.17) is 5.73 Å². The Labute approximate surface area is 73.6 Å². The summed E-state index contributed by atoms with van der Waals surface area (Å²) in [5.41, 5.74) is 7.69. The smallest absolute Gasteiger partial charge is 0.0555 e. The van der Waals surface area contributed by atoms with Crippen molar-refractivity contribution in [2.75, 3.05) is 6.54 Å². The highest BCUT2D eigenvalue weighted by Gasteiger charge is 1.93. The maximum atomic E-state index is 5.29. The van der Waals surface area contributed by atoms with Crippen molar-refractivity contribution in [2.24, 2.45) is 5.73 Å². The Morgan fingerprint density at radius 3 is 2.75 bits per heavy atom. The molecule has 0 heterocycles. The Hall–Kier alpha value is -1.26. The van der Waals surface area contributed by atoms with Gasteiger partial charge in [0.2, 0.25) is 0 Å². The van der Waals surface area contributed by atoms with Gasteiger partial charge in [-0.25, -0.2) is 0 Å². The molecule has 0 aromatic heterocycles. The van der Waals surface area contributed by atoms with Crippen LogP contribution >= 0.6 is 0 Å². The number of rotatable bonds is 1. The van der Waals surface area contributed by atoms with E-state index in [2.05, 4.69) is 24.8 Å². The highest BCUT2D eigenvalue weighted by Crippen LogP contribution is 2.06. The molecule has 0 radical (unpaired) electrons. The van der Waals surface area contributed by atoms with Gasteiger partial charge in [0.25, 0.3) is 0 Å². The summed E-state index contributed by atoms with van der Waals surface area (Å²) < 4.78 is 0. The summed E-state index contributed by atoms with van der Waals surface area (Å²) in [4.78, 5) is 0. The third kappa shape index (κ3) is 2.11. The SMILES string of the molecule is CCc1ccccc1C#CCN. The first kappa shape index (κ1) is 8.83. The summed E-state index contributed by atoms with van der Waals surface area (Å²) in [6.07, 6.45) is 1.02. The van der Waals surface area contributed by atoms with Crippen LogP contribution < -0.4 is 5.73 Å². The summed E-state index contributed by atoms with van der Waals surface area (Å²) in [5.74, 6) is 5.91. The summed E-state index contributed by atoms with van der Waals surface area (Å²) in [5, 5.41) is 0. The van der Waals surface area contributed by atoms with Crippen LogP contribution in [0.2, 0.25) is 0 Å². The summed E-state index contributed by atoms with van der Waals surface area (Å²) >= 11 is 0. The molecule has 1 aromatic rings. The molecule has 0 saturated heterocycles. The molecule has 0 unspecified atom stereocenters. The monoisotopic (exact) mass is 159 g/mol. The second-order valence-corrected chi connectivity index (χ2v) is 2.52. The maximum absolute atomic E-state index is 5.29. The van der Waals surface area contributed by atoms with Gasteiger partial charge in [0.15, 0.2) is 0 Å². The fourth-order valence-electron chi connectivity index (χ4n) is 1.10. The van der Waals surface area contributed by atoms with Gasteiger partial charge in [-0.15, -0.1) is 0 Å². The summed E-state index contributed by atoms with van der Waals surface area (Å²) in [6.45, 7) is 2.56. The minimum atomic E-state index is 0.429. The molecule has 2 N–H and O–H groups in total. The minimum absolute atomic E-state index is 0.429. The van der Waals surface area contributed by atoms with E-state index >= 15 is 0 Å². The molecule has 0 amide bonds. The normalized spacial score (nSPS) is 8.83. The number of nitrogens with two attached hydrogens (primary N) is 1. The number of hydrogen-bond donors (Lipinski definition) is 1. The third-order valence-corrected chi connectivity index (χ3v) is 1.72. The zero-order chi connectivity index (χ0) is 8.81. The van der Waals surface area contributed by atoms with Gasteiger partial charge in [0, 0.05) is 5.56 Å². The molecule has 0 saturated carbocycles. The van der Waals surface area contributed by atoms with E-state index in [0.717, 1.165) is 12.0 Å². The van der Waals surface area contributed by atoms with E-state index < -0.39 is 0 Å². The van der Waals surface area contributed by atoms with Crippen LogP contribution in [0.5, 0.6) is 0 Å². The number of aryl methyl sites for hydroxylation is 1. The van der Waals surface area contributed by atoms with Gasteiger partial charge < -0.3 is 5.73 Å². The van der Waals surface area contributed by atoms with Crippen molar-refractivity contribution in [2.45, 2.75) is 13.3 Å². The fourth-order valence-corrected chi connectivity index (χ4v) is 1.10. The van der Waals surface area contributed by atoms with Crippen LogP contribution in [0.1, 0.15) is 18.1 Å². The van der Waals surface area contributed by atoms with Crippen LogP contribution in [-0.2, 0) is 6.42 Å². The maximum Gasteiger partial charge on any atom is 0.0555 e. The highest BCUT2D eigenvalue weighted by atomic mass is 14.5. The van der Waals surface area contributed by atoms with E-state index in [9.17, 15) is 0 Å². The molecule has 0 atom stereocenters. The van der Waals surface area contributed by atoms with Crippen molar-refractivity contribution in [3.05, 3.63) is 35.4 Å². The average molecular weight is 159 g/mol. The Balaban J connectivity index is 2.97. The van der Waals surface area contributed by atoms with Gasteiger partial charge in [-0.3, -0.25) is 0 Å². The van der Waals surface area contributed by atoms with Gasteiger partial charge in [-0.1, -0.05) is 37.0 Å². The molecule has 0 bridgehead atoms. The molecule has 1 rings (SSSR count). The Bertz CT molecular complexity index is 304. The highest BCUT2D eigenvalue weighted by molar-refractivity contribution is 5.41. The lowest BCUT2D eigenvalue weighted by Crippen LogP contribution is -1.94. The first-order valence-corrected chi connectivity index (χ1v) is 4.15. The van der Waals surface area contributed by atoms with Crippen LogP contribution in [0.4, 0.5) is 0 Å². The Morgan fingerprint density at radius 1 is 1.33 bits per heavy atom. The second kappa shape index (κ2) is 4.58. The van der Waals surface area contributed by atoms with Crippen LogP contribution in [0.25, 0.3) is 0 Å². The first-order chi connectivity index (χ1) is 5.88. The quantitative estimate of drug-likeness (QED) is 0.618. The lowest BCUT2D eigenvalue weighted by atomic mass is 10.1. The van der Waals surface area contributed by atoms with Gasteiger partial charge >= 0.3 is 0 Å². The van der Waals surface area contributed by atoms with Crippen LogP contribution in [0.3, 0.4) is 0 Å². The van der Waals surface area contributed by atoms with Crippen molar-refractivity contribution in [3.8, 4) is 11.8 Å². The van der Waals surface area contributed by atoms with Gasteiger partial charge in [0.1, 0.15) is 0 Å². The third-order valence-electron chi connectivity index (χ3n) is 1.72. The van der Waals surface area contributed by atoms with E-state index in [-0.39, 0.29) is 0 Å². The molecule has 62 valence electrons. The molecule has 0 aliphatic rings. The molecule has 1 aromatic carbocycles. The lowest BCUT2D eigenvalue weighted by molar-refractivity contribution is 1.13. The molecule has 0 aliphatic carbocycles. The minimum Gasteiger partial charge on any atom is -0.320 e. The molecule has 0 aliphatic heterocycles. The van der Waals surface area contributed by atoms with Gasteiger partial charge in [-0.2, -0.15) is 0 Å². The Morgan fingerprint density at radius 2 is 2.08 bits per heavy atom. The first-order valence-electron chi connectivity index (χ1n) is 4.15. The predicted molar refractivity (Wildman–Crippen MR) is 51.8 cm³/mol. The van der Waals surface area contributed by atoms with Gasteiger partial charge in [0.05, 0.1) is 6.54 Å². The average Bonchev–Trinajstić information content (AvgIpc) is 2.15. The van der Waals surface area contributed by atoms with Crippen LogP contribution in [0.15, 0.2) is 24.3 Å². The molecule has 1 heteroatoms. The Kier molecular flexibility index (Phi) is 3.37. The number of benzene rings is 1. The molecular formula is C11H13N. The van der Waals surface area contributed by atoms with E-state index in [0.29, 0.717) is 6.54 Å². The molecule has 1 nitrogen and oxygen atoms in total. The summed E-state index contributed by atoms with van der Waals surface area (Å²) in [6, 6.07) is 8.16. The van der Waals surface area contributed by atoms with E-state index in [1.807, 2.05) is 18.2 Å². The van der Waals surface area contributed by atoms with E-state index in [1.165, 1.54) is 5.56 Å². The lowest BCUT2D eigenvalue weighted by Gasteiger charge is -1.98. The molecule has 0 fully saturated rings. The van der Waals surface area contributed by atoms with Crippen molar-refractivity contribution in [1.29, 1.82) is 0 Å².